The highest BCUT2D eigenvalue weighted by molar-refractivity contribution is 5.90. The lowest BCUT2D eigenvalue weighted by molar-refractivity contribution is -0.346. The maximum Gasteiger partial charge on any atom is 0.338 e. The summed E-state index contributed by atoms with van der Waals surface area (Å²) in [6, 6.07) is 4.12. The first-order valence-electron chi connectivity index (χ1n) is 14.5. The molecule has 4 aliphatic rings. The summed E-state index contributed by atoms with van der Waals surface area (Å²) in [5.41, 5.74) is -1.42. The van der Waals surface area contributed by atoms with E-state index in [1.54, 1.807) is 6.08 Å². The number of fused-ring (bicyclic) bond motifs is 1. The minimum atomic E-state index is -1.69. The lowest BCUT2D eigenvalue weighted by Crippen LogP contribution is -2.60. The van der Waals surface area contributed by atoms with Crippen LogP contribution in [0.15, 0.2) is 30.5 Å². The van der Waals surface area contributed by atoms with Gasteiger partial charge in [0.05, 0.1) is 43.2 Å². The van der Waals surface area contributed by atoms with Crippen molar-refractivity contribution in [3.63, 3.8) is 0 Å². The Balaban J connectivity index is 1.27. The van der Waals surface area contributed by atoms with E-state index in [0.717, 1.165) is 0 Å². The third kappa shape index (κ3) is 6.50. The van der Waals surface area contributed by atoms with E-state index in [9.17, 15) is 45.6 Å². The SMILES string of the molecule is COc1cc(C(=O)O[C@@H]2C[C@](C)(O)[C@H]3[C@H](O[C@H]4O[C@H](CO)[C@H](O)[C@@H](O)[C@H]4O)OC=C[C@H]32)ccc1O[C@H]1O[C@@H](C)[C@H](O)[C@@H](O)[C@H]1O. The number of rotatable bonds is 8. The normalized spacial score (nSPS) is 44.5. The van der Waals surface area contributed by atoms with E-state index in [1.807, 2.05) is 0 Å². The van der Waals surface area contributed by atoms with E-state index in [-0.39, 0.29) is 23.5 Å². The Bertz CT molecular complexity index is 1220. The van der Waals surface area contributed by atoms with E-state index in [1.165, 1.54) is 45.4 Å². The maximum atomic E-state index is 13.3. The molecular weight excluding hydrogens is 604 g/mol. The number of benzene rings is 1. The van der Waals surface area contributed by atoms with Gasteiger partial charge in [-0.15, -0.1) is 0 Å². The fourth-order valence-corrected chi connectivity index (χ4v) is 6.22. The molecule has 1 aliphatic carbocycles. The van der Waals surface area contributed by atoms with Gasteiger partial charge in [0.15, 0.2) is 17.8 Å². The predicted octanol–water partition coefficient (Wildman–Crippen LogP) is -2.50. The van der Waals surface area contributed by atoms with Crippen molar-refractivity contribution in [1.82, 2.24) is 0 Å². The number of methoxy groups -OCH3 is 1. The molecule has 45 heavy (non-hydrogen) atoms. The Morgan fingerprint density at radius 1 is 0.933 bits per heavy atom. The minimum absolute atomic E-state index is 0.0160. The van der Waals surface area contributed by atoms with Gasteiger partial charge in [-0.1, -0.05) is 0 Å². The van der Waals surface area contributed by atoms with Crippen LogP contribution in [0.2, 0.25) is 0 Å². The highest BCUT2D eigenvalue weighted by Gasteiger charge is 2.58. The molecule has 8 N–H and O–H groups in total. The molecule has 1 aromatic carbocycles. The predicted molar refractivity (Wildman–Crippen MR) is 146 cm³/mol. The van der Waals surface area contributed by atoms with Gasteiger partial charge in [-0.25, -0.2) is 4.79 Å². The number of hydrogen-bond donors (Lipinski definition) is 8. The first-order valence-corrected chi connectivity index (χ1v) is 14.5. The van der Waals surface area contributed by atoms with Gasteiger partial charge < -0.3 is 74.0 Å². The first-order chi connectivity index (χ1) is 21.3. The number of ether oxygens (including phenoxy) is 7. The minimum Gasteiger partial charge on any atom is -0.493 e. The number of esters is 1. The summed E-state index contributed by atoms with van der Waals surface area (Å²) < 4.78 is 39.1. The molecule has 2 saturated heterocycles. The quantitative estimate of drug-likeness (QED) is 0.136. The summed E-state index contributed by atoms with van der Waals surface area (Å²) in [7, 11) is 1.33. The molecule has 3 aliphatic heterocycles. The van der Waals surface area contributed by atoms with Crippen molar-refractivity contribution < 1.29 is 78.8 Å². The van der Waals surface area contributed by atoms with Crippen LogP contribution in [0, 0.1) is 11.8 Å². The summed E-state index contributed by atoms with van der Waals surface area (Å²) in [5, 5.41) is 81.7. The van der Waals surface area contributed by atoms with E-state index >= 15 is 0 Å². The number of aliphatic hydroxyl groups is 8. The van der Waals surface area contributed by atoms with Gasteiger partial charge in [0, 0.05) is 12.3 Å². The van der Waals surface area contributed by atoms with Crippen LogP contribution in [0.5, 0.6) is 11.5 Å². The molecule has 0 bridgehead atoms. The lowest BCUT2D eigenvalue weighted by Gasteiger charge is -2.43. The standard InChI is InChI=1S/C29H40O16/c1-11-19(31)21(33)23(35)27(41-11)43-14-5-4-12(8-15(14)39-3)25(37)42-16-9-29(2,38)18-13(16)6-7-40-26(18)45-28-24(36)22(34)20(32)17(10-30)44-28/h4-8,11,13,16-24,26-28,30-36,38H,9-10H2,1-3H3/t11-,13-,16+,17+,18+,19-,20-,21+,22+,23+,24+,26-,27+,28+,29-/m0/s1. The second-order valence-electron chi connectivity index (χ2n) is 11.9. The Labute approximate surface area is 257 Å². The fourth-order valence-electron chi connectivity index (χ4n) is 6.22. The largest absolute Gasteiger partial charge is 0.493 e. The molecule has 0 unspecified atom stereocenters. The van der Waals surface area contributed by atoms with E-state index < -0.39 is 104 Å². The maximum absolute atomic E-state index is 13.3. The molecule has 0 spiro atoms. The van der Waals surface area contributed by atoms with Gasteiger partial charge in [-0.3, -0.25) is 0 Å². The van der Waals surface area contributed by atoms with Gasteiger partial charge >= 0.3 is 5.97 Å². The summed E-state index contributed by atoms with van der Waals surface area (Å²) in [4.78, 5) is 13.3. The van der Waals surface area contributed by atoms with Gasteiger partial charge in [0.1, 0.15) is 48.8 Å². The van der Waals surface area contributed by atoms with Crippen LogP contribution in [-0.4, -0.2) is 140 Å². The van der Waals surface area contributed by atoms with Crippen molar-refractivity contribution in [3.8, 4) is 11.5 Å². The monoisotopic (exact) mass is 644 g/mol. The molecule has 0 radical (unpaired) electrons. The van der Waals surface area contributed by atoms with E-state index in [4.69, 9.17) is 33.2 Å². The second kappa shape index (κ2) is 13.2. The molecule has 15 atom stereocenters. The summed E-state index contributed by atoms with van der Waals surface area (Å²) in [5.74, 6) is -2.02. The number of hydrogen-bond acceptors (Lipinski definition) is 16. The number of carbonyl (C=O) groups is 1. The molecule has 3 heterocycles. The smallest absolute Gasteiger partial charge is 0.338 e. The third-order valence-electron chi connectivity index (χ3n) is 8.81. The number of aliphatic hydroxyl groups excluding tert-OH is 7. The molecular formula is C29H40O16. The van der Waals surface area contributed by atoms with Crippen LogP contribution < -0.4 is 9.47 Å². The van der Waals surface area contributed by atoms with Crippen molar-refractivity contribution in [2.24, 2.45) is 11.8 Å². The molecule has 3 fully saturated rings. The van der Waals surface area contributed by atoms with Gasteiger partial charge in [-0.2, -0.15) is 0 Å². The highest BCUT2D eigenvalue weighted by atomic mass is 16.8. The highest BCUT2D eigenvalue weighted by Crippen LogP contribution is 2.48. The van der Waals surface area contributed by atoms with Crippen molar-refractivity contribution in [2.75, 3.05) is 13.7 Å². The van der Waals surface area contributed by atoms with Gasteiger partial charge in [0.2, 0.25) is 12.6 Å². The number of carbonyl (C=O) groups excluding carboxylic acids is 1. The second-order valence-corrected chi connectivity index (χ2v) is 11.9. The topological polar surface area (TPSA) is 244 Å². The molecule has 16 nitrogen and oxygen atoms in total. The van der Waals surface area contributed by atoms with E-state index in [2.05, 4.69) is 0 Å². The van der Waals surface area contributed by atoms with Crippen LogP contribution in [0.3, 0.4) is 0 Å². The summed E-state index contributed by atoms with van der Waals surface area (Å²) >= 11 is 0. The molecule has 1 saturated carbocycles. The Kier molecular flexibility index (Phi) is 9.93. The van der Waals surface area contributed by atoms with Gasteiger partial charge in [0.25, 0.3) is 0 Å². The van der Waals surface area contributed by atoms with E-state index in [0.29, 0.717) is 0 Å². The zero-order chi connectivity index (χ0) is 32.8. The molecule has 0 aromatic heterocycles. The average molecular weight is 645 g/mol. The Hall–Kier alpha value is -2.61. The van der Waals surface area contributed by atoms with Crippen LogP contribution in [0.4, 0.5) is 0 Å². The zero-order valence-corrected chi connectivity index (χ0v) is 24.7. The first kappa shape index (κ1) is 33.7. The van der Waals surface area contributed by atoms with Crippen LogP contribution >= 0.6 is 0 Å². The zero-order valence-electron chi connectivity index (χ0n) is 24.7. The van der Waals surface area contributed by atoms with Gasteiger partial charge in [-0.05, 0) is 38.1 Å². The molecule has 0 amide bonds. The van der Waals surface area contributed by atoms with Crippen LogP contribution in [0.1, 0.15) is 30.6 Å². The average Bonchev–Trinajstić information content (AvgIpc) is 3.28. The Morgan fingerprint density at radius 2 is 1.62 bits per heavy atom. The fraction of sp³-hybridized carbons (Fsp3) is 0.690. The van der Waals surface area contributed by atoms with Crippen molar-refractivity contribution in [1.29, 1.82) is 0 Å². The van der Waals surface area contributed by atoms with Crippen molar-refractivity contribution >= 4 is 5.97 Å². The lowest BCUT2D eigenvalue weighted by atomic mass is 9.85. The summed E-state index contributed by atoms with van der Waals surface area (Å²) in [6.07, 6.45) is -13.4. The van der Waals surface area contributed by atoms with Crippen molar-refractivity contribution in [2.45, 2.75) is 99.7 Å². The van der Waals surface area contributed by atoms with Crippen molar-refractivity contribution in [3.05, 3.63) is 36.1 Å². The molecule has 5 rings (SSSR count). The van der Waals surface area contributed by atoms with Crippen LogP contribution in [-0.2, 0) is 23.7 Å². The molecule has 252 valence electrons. The molecule has 16 heteroatoms. The third-order valence-corrected chi connectivity index (χ3v) is 8.81. The molecule has 1 aromatic rings. The summed E-state index contributed by atoms with van der Waals surface area (Å²) in [6.45, 7) is 2.37. The van der Waals surface area contributed by atoms with Crippen LogP contribution in [0.25, 0.3) is 0 Å². The Morgan fingerprint density at radius 3 is 2.31 bits per heavy atom.